The van der Waals surface area contributed by atoms with Gasteiger partial charge >= 0.3 is 5.69 Å². The van der Waals surface area contributed by atoms with Crippen molar-refractivity contribution in [2.75, 3.05) is 17.7 Å². The summed E-state index contributed by atoms with van der Waals surface area (Å²) < 4.78 is 6.66. The van der Waals surface area contributed by atoms with Gasteiger partial charge in [0.1, 0.15) is 11.6 Å². The number of aromatic amines is 1. The number of amides is 1. The first kappa shape index (κ1) is 24.4. The van der Waals surface area contributed by atoms with Crippen molar-refractivity contribution in [3.8, 4) is 5.75 Å². The maximum atomic E-state index is 13.7. The van der Waals surface area contributed by atoms with Gasteiger partial charge in [0.2, 0.25) is 0 Å². The van der Waals surface area contributed by atoms with E-state index in [0.29, 0.717) is 24.3 Å². The molecule has 10 heteroatoms. The van der Waals surface area contributed by atoms with Gasteiger partial charge in [-0.05, 0) is 24.6 Å². The van der Waals surface area contributed by atoms with E-state index in [-0.39, 0.29) is 33.7 Å². The van der Waals surface area contributed by atoms with Crippen LogP contribution in [0.2, 0.25) is 10.0 Å². The molecule has 1 heterocycles. The molecule has 8 nitrogen and oxygen atoms in total. The van der Waals surface area contributed by atoms with Gasteiger partial charge in [-0.15, -0.1) is 0 Å². The zero-order chi connectivity index (χ0) is 24.1. The molecule has 0 saturated carbocycles. The first-order chi connectivity index (χ1) is 15.8. The summed E-state index contributed by atoms with van der Waals surface area (Å²) in [5, 5.41) is 0.234. The second kappa shape index (κ2) is 10.6. The first-order valence-electron chi connectivity index (χ1n) is 10.3. The summed E-state index contributed by atoms with van der Waals surface area (Å²) in [5.74, 6) is -0.202. The zero-order valence-electron chi connectivity index (χ0n) is 18.2. The monoisotopic (exact) mass is 490 g/mol. The number of H-pyrrole nitrogens is 1. The Labute approximate surface area is 200 Å². The minimum absolute atomic E-state index is 0.0449. The highest BCUT2D eigenvalue weighted by Gasteiger charge is 2.28. The van der Waals surface area contributed by atoms with Gasteiger partial charge in [0.05, 0.1) is 29.3 Å². The smallest absolute Gasteiger partial charge is 0.330 e. The third-order valence-electron chi connectivity index (χ3n) is 5.17. The van der Waals surface area contributed by atoms with Crippen molar-refractivity contribution >= 4 is 40.6 Å². The lowest BCUT2D eigenvalue weighted by atomic mass is 10.1. The zero-order valence-corrected chi connectivity index (χ0v) is 19.7. The lowest BCUT2D eigenvalue weighted by molar-refractivity contribution is 0.0984. The van der Waals surface area contributed by atoms with Gasteiger partial charge in [-0.25, -0.2) is 4.79 Å². The normalized spacial score (nSPS) is 10.8. The maximum Gasteiger partial charge on any atom is 0.330 e. The van der Waals surface area contributed by atoms with Crippen LogP contribution in [0.1, 0.15) is 35.7 Å². The van der Waals surface area contributed by atoms with E-state index in [1.165, 1.54) is 22.6 Å². The Morgan fingerprint density at radius 2 is 1.88 bits per heavy atom. The highest BCUT2D eigenvalue weighted by molar-refractivity contribution is 6.44. The van der Waals surface area contributed by atoms with Gasteiger partial charge < -0.3 is 10.5 Å². The number of nitrogen functional groups attached to an aromatic ring is 1. The van der Waals surface area contributed by atoms with Crippen molar-refractivity contribution in [1.29, 1.82) is 0 Å². The fourth-order valence-electron chi connectivity index (χ4n) is 3.45. The van der Waals surface area contributed by atoms with Gasteiger partial charge in [-0.2, -0.15) is 0 Å². The largest absolute Gasteiger partial charge is 0.496 e. The van der Waals surface area contributed by atoms with E-state index >= 15 is 0 Å². The van der Waals surface area contributed by atoms with Gasteiger partial charge in [0, 0.05) is 12.1 Å². The molecule has 1 amide bonds. The molecule has 0 bridgehead atoms. The van der Waals surface area contributed by atoms with Crippen molar-refractivity contribution in [3.63, 3.8) is 0 Å². The molecule has 33 heavy (non-hydrogen) atoms. The Balaban J connectivity index is 2.23. The molecule has 1 aromatic heterocycles. The van der Waals surface area contributed by atoms with E-state index in [1.807, 2.05) is 6.92 Å². The second-order valence-electron chi connectivity index (χ2n) is 7.30. The standard InChI is InChI=1S/C23H24Cl2N4O4/c1-3-4-12-28-20(26)19(21(30)27-23(28)32)29(13-14-8-5-6-11-17(14)33-2)22(31)15-9-7-10-16(24)18(15)25/h5-11H,3-4,12-13,26H2,1-2H3,(H,27,30,32). The second-order valence-corrected chi connectivity index (χ2v) is 8.09. The van der Waals surface area contributed by atoms with E-state index in [1.54, 1.807) is 36.4 Å². The third kappa shape index (κ3) is 5.07. The van der Waals surface area contributed by atoms with Crippen molar-refractivity contribution in [2.45, 2.75) is 32.9 Å². The van der Waals surface area contributed by atoms with E-state index in [4.69, 9.17) is 33.7 Å². The molecule has 0 unspecified atom stereocenters. The number of benzene rings is 2. The number of aromatic nitrogens is 2. The Morgan fingerprint density at radius 3 is 2.58 bits per heavy atom. The molecule has 0 spiro atoms. The number of halogens is 2. The maximum absolute atomic E-state index is 13.7. The molecule has 0 aliphatic heterocycles. The molecule has 174 valence electrons. The molecular weight excluding hydrogens is 467 g/mol. The SMILES string of the molecule is CCCCn1c(N)c(N(Cc2ccccc2OC)C(=O)c2cccc(Cl)c2Cl)c(=O)[nH]c1=O. The molecule has 3 aromatic rings. The molecule has 0 atom stereocenters. The van der Waals surface area contributed by atoms with Crippen LogP contribution in [0.3, 0.4) is 0 Å². The highest BCUT2D eigenvalue weighted by Crippen LogP contribution is 2.30. The van der Waals surface area contributed by atoms with Crippen molar-refractivity contribution in [3.05, 3.63) is 84.5 Å². The Hall–Kier alpha value is -3.23. The topological polar surface area (TPSA) is 110 Å². The third-order valence-corrected chi connectivity index (χ3v) is 5.99. The number of nitrogens with one attached hydrogen (secondary N) is 1. The lowest BCUT2D eigenvalue weighted by Gasteiger charge is -2.26. The average Bonchev–Trinajstić information content (AvgIpc) is 2.79. The van der Waals surface area contributed by atoms with Crippen molar-refractivity contribution in [2.24, 2.45) is 0 Å². The summed E-state index contributed by atoms with van der Waals surface area (Å²) in [4.78, 5) is 42.5. The summed E-state index contributed by atoms with van der Waals surface area (Å²) in [7, 11) is 1.50. The van der Waals surface area contributed by atoms with Crippen LogP contribution in [0.5, 0.6) is 5.75 Å². The van der Waals surface area contributed by atoms with Crippen LogP contribution in [0, 0.1) is 0 Å². The molecule has 3 rings (SSSR count). The lowest BCUT2D eigenvalue weighted by Crippen LogP contribution is -2.41. The molecule has 2 aromatic carbocycles. The van der Waals surface area contributed by atoms with Crippen molar-refractivity contribution < 1.29 is 9.53 Å². The number of para-hydroxylation sites is 1. The first-order valence-corrected chi connectivity index (χ1v) is 11.1. The summed E-state index contributed by atoms with van der Waals surface area (Å²) in [6.45, 7) is 2.19. The van der Waals surface area contributed by atoms with Crippen molar-refractivity contribution in [1.82, 2.24) is 9.55 Å². The van der Waals surface area contributed by atoms with E-state index in [2.05, 4.69) is 4.98 Å². The van der Waals surface area contributed by atoms with E-state index in [0.717, 1.165) is 6.42 Å². The summed E-state index contributed by atoms with van der Waals surface area (Å²) in [6, 6.07) is 11.7. The number of carbonyl (C=O) groups excluding carboxylic acids is 1. The predicted octanol–water partition coefficient (Wildman–Crippen LogP) is 4.08. The molecule has 3 N–H and O–H groups in total. The summed E-state index contributed by atoms with van der Waals surface area (Å²) >= 11 is 12.4. The van der Waals surface area contributed by atoms with Crippen LogP contribution in [-0.2, 0) is 13.1 Å². The summed E-state index contributed by atoms with van der Waals surface area (Å²) in [6.07, 6.45) is 1.47. The molecular formula is C23H24Cl2N4O4. The minimum atomic E-state index is -0.786. The number of methoxy groups -OCH3 is 1. The molecule has 0 fully saturated rings. The fourth-order valence-corrected chi connectivity index (χ4v) is 3.83. The van der Waals surface area contributed by atoms with Crippen LogP contribution in [-0.4, -0.2) is 22.6 Å². The van der Waals surface area contributed by atoms with Crippen LogP contribution >= 0.6 is 23.2 Å². The number of rotatable bonds is 8. The van der Waals surface area contributed by atoms with E-state index in [9.17, 15) is 14.4 Å². The quantitative estimate of drug-likeness (QED) is 0.494. The predicted molar refractivity (Wildman–Crippen MR) is 131 cm³/mol. The number of nitrogens with zero attached hydrogens (tertiary/aromatic N) is 2. The van der Waals surface area contributed by atoms with Gasteiger partial charge in [-0.1, -0.05) is 60.8 Å². The number of nitrogens with two attached hydrogens (primary N) is 1. The highest BCUT2D eigenvalue weighted by atomic mass is 35.5. The molecule has 0 saturated heterocycles. The Morgan fingerprint density at radius 1 is 1.15 bits per heavy atom. The number of ether oxygens (including phenoxy) is 1. The minimum Gasteiger partial charge on any atom is -0.496 e. The Bertz CT molecular complexity index is 1290. The number of anilines is 2. The van der Waals surface area contributed by atoms with Crippen LogP contribution in [0.15, 0.2) is 52.1 Å². The van der Waals surface area contributed by atoms with Crippen LogP contribution < -0.4 is 26.6 Å². The number of unbranched alkanes of at least 4 members (excludes halogenated alkanes) is 1. The van der Waals surface area contributed by atoms with Gasteiger partial charge in [-0.3, -0.25) is 24.0 Å². The molecule has 0 aliphatic carbocycles. The number of hydrogen-bond acceptors (Lipinski definition) is 5. The number of carbonyl (C=O) groups is 1. The molecule has 0 aliphatic rings. The van der Waals surface area contributed by atoms with E-state index < -0.39 is 17.2 Å². The summed E-state index contributed by atoms with van der Waals surface area (Å²) in [5.41, 5.74) is 5.42. The van der Waals surface area contributed by atoms with Crippen LogP contribution in [0.25, 0.3) is 0 Å². The number of hydrogen-bond donors (Lipinski definition) is 2. The van der Waals surface area contributed by atoms with Crippen LogP contribution in [0.4, 0.5) is 11.5 Å². The molecule has 0 radical (unpaired) electrons. The van der Waals surface area contributed by atoms with Gasteiger partial charge in [0.25, 0.3) is 11.5 Å². The fraction of sp³-hybridized carbons (Fsp3) is 0.261. The average molecular weight is 491 g/mol. The Kier molecular flexibility index (Phi) is 7.84. The van der Waals surface area contributed by atoms with Gasteiger partial charge in [0.15, 0.2) is 5.69 Å².